The smallest absolute Gasteiger partial charge is 0.306 e. The number of nitrogens with two attached hydrogens (primary N) is 1. The highest BCUT2D eigenvalue weighted by Gasteiger charge is 2.29. The lowest BCUT2D eigenvalue weighted by Gasteiger charge is -2.32. The van der Waals surface area contributed by atoms with E-state index in [1.54, 1.807) is 0 Å². The predicted octanol–water partition coefficient (Wildman–Crippen LogP) is 7.10. The van der Waals surface area contributed by atoms with E-state index in [1.807, 2.05) is 54.3 Å². The van der Waals surface area contributed by atoms with Gasteiger partial charge in [0.05, 0.1) is 23.0 Å². The Bertz CT molecular complexity index is 1710. The molecule has 1 aromatic heterocycles. The van der Waals surface area contributed by atoms with Gasteiger partial charge in [-0.25, -0.2) is 4.98 Å². The summed E-state index contributed by atoms with van der Waals surface area (Å²) in [4.78, 5) is 33.6. The normalized spacial score (nSPS) is 15.2. The Balaban J connectivity index is 0.000000253. The number of nitrogens with zero attached hydrogens (tertiary/aromatic N) is 4. The van der Waals surface area contributed by atoms with Crippen molar-refractivity contribution in [1.29, 1.82) is 0 Å². The number of aryl methyl sites for hydroxylation is 2. The number of aliphatic carboxylic acids is 1. The van der Waals surface area contributed by atoms with Crippen LogP contribution in [0.2, 0.25) is 0 Å². The largest absolute Gasteiger partial charge is 0.481 e. The van der Waals surface area contributed by atoms with Gasteiger partial charge in [0.1, 0.15) is 5.82 Å². The van der Waals surface area contributed by atoms with Gasteiger partial charge in [0.2, 0.25) is 0 Å². The van der Waals surface area contributed by atoms with E-state index in [-0.39, 0.29) is 11.8 Å². The first kappa shape index (κ1) is 35.0. The molecule has 254 valence electrons. The topological polar surface area (TPSA) is 105 Å². The average molecular weight is 650 g/mol. The summed E-state index contributed by atoms with van der Waals surface area (Å²) in [6.07, 6.45) is 3.53. The Morgan fingerprint density at radius 1 is 0.938 bits per heavy atom. The molecule has 2 aliphatic rings. The van der Waals surface area contributed by atoms with Crippen LogP contribution in [0.3, 0.4) is 0 Å². The third-order valence-corrected chi connectivity index (χ3v) is 9.61. The number of amides is 1. The molecule has 0 saturated carbocycles. The molecule has 3 heterocycles. The molecule has 1 fully saturated rings. The number of fused-ring (bicyclic) bond motifs is 3. The average Bonchev–Trinajstić information content (AvgIpc) is 3.28. The Morgan fingerprint density at radius 3 is 2.27 bits per heavy atom. The van der Waals surface area contributed by atoms with Crippen LogP contribution in [0, 0.1) is 25.2 Å². The van der Waals surface area contributed by atoms with Crippen molar-refractivity contribution < 1.29 is 14.7 Å². The van der Waals surface area contributed by atoms with Gasteiger partial charge < -0.3 is 25.2 Å². The highest BCUT2D eigenvalue weighted by molar-refractivity contribution is 6.08. The van der Waals surface area contributed by atoms with Crippen LogP contribution in [0.25, 0.3) is 11.3 Å². The van der Waals surface area contributed by atoms with E-state index in [2.05, 4.69) is 67.5 Å². The number of rotatable bonds is 7. The zero-order valence-electron chi connectivity index (χ0n) is 29.2. The summed E-state index contributed by atoms with van der Waals surface area (Å²) in [6, 6.07) is 24.4. The van der Waals surface area contributed by atoms with Gasteiger partial charge in [0, 0.05) is 37.2 Å². The zero-order chi connectivity index (χ0) is 34.4. The number of hydrogen-bond donors (Lipinski definition) is 2. The fourth-order valence-electron chi connectivity index (χ4n) is 6.63. The summed E-state index contributed by atoms with van der Waals surface area (Å²) >= 11 is 0. The summed E-state index contributed by atoms with van der Waals surface area (Å²) in [5.41, 5.74) is 14.3. The van der Waals surface area contributed by atoms with Crippen molar-refractivity contribution in [3.8, 4) is 11.3 Å². The fourth-order valence-corrected chi connectivity index (χ4v) is 6.63. The lowest BCUT2D eigenvalue weighted by atomic mass is 9.91. The molecular weight excluding hydrogens is 598 g/mol. The second-order valence-electron chi connectivity index (χ2n) is 14.4. The SMILES string of the molecule is CC(C)(C)CCN1CCC(C(=O)O)CC1.Cc1cc(C(=O)N2CCc3nc(C)n(Cc4ccccc4)c3-c3ccccc32)ccc1CN. The van der Waals surface area contributed by atoms with E-state index in [4.69, 9.17) is 15.8 Å². The molecule has 0 radical (unpaired) electrons. The van der Waals surface area contributed by atoms with Crippen molar-refractivity contribution in [1.82, 2.24) is 14.5 Å². The minimum Gasteiger partial charge on any atom is -0.481 e. The van der Waals surface area contributed by atoms with Crippen LogP contribution in [0.1, 0.15) is 78.6 Å². The Morgan fingerprint density at radius 2 is 1.62 bits per heavy atom. The number of benzene rings is 3. The van der Waals surface area contributed by atoms with E-state index in [0.717, 1.165) is 78.6 Å². The number of carbonyl (C=O) groups excluding carboxylic acids is 1. The summed E-state index contributed by atoms with van der Waals surface area (Å²) in [7, 11) is 0. The van der Waals surface area contributed by atoms with E-state index in [9.17, 15) is 9.59 Å². The second kappa shape index (κ2) is 15.3. The third-order valence-electron chi connectivity index (χ3n) is 9.61. The number of anilines is 1. The lowest BCUT2D eigenvalue weighted by molar-refractivity contribution is -0.143. The van der Waals surface area contributed by atoms with E-state index < -0.39 is 5.97 Å². The molecule has 3 N–H and O–H groups in total. The Hall–Kier alpha value is -4.27. The van der Waals surface area contributed by atoms with Crippen molar-refractivity contribution in [3.63, 3.8) is 0 Å². The maximum atomic E-state index is 13.7. The number of para-hydroxylation sites is 1. The van der Waals surface area contributed by atoms with Gasteiger partial charge in [0.25, 0.3) is 5.91 Å². The van der Waals surface area contributed by atoms with Gasteiger partial charge in [-0.1, -0.05) is 75.4 Å². The first-order chi connectivity index (χ1) is 22.9. The number of piperidine rings is 1. The molecular formula is C40H51N5O3. The number of likely N-dealkylation sites (tertiary alicyclic amines) is 1. The maximum absolute atomic E-state index is 13.7. The molecule has 6 rings (SSSR count). The molecule has 2 aliphatic heterocycles. The summed E-state index contributed by atoms with van der Waals surface area (Å²) in [5.74, 6) is 0.276. The molecule has 0 unspecified atom stereocenters. The molecule has 0 aliphatic carbocycles. The minimum atomic E-state index is -0.620. The van der Waals surface area contributed by atoms with Crippen molar-refractivity contribution in [2.24, 2.45) is 17.1 Å². The van der Waals surface area contributed by atoms with E-state index in [0.29, 0.717) is 30.5 Å². The molecule has 0 atom stereocenters. The monoisotopic (exact) mass is 649 g/mol. The van der Waals surface area contributed by atoms with Gasteiger partial charge in [-0.3, -0.25) is 9.59 Å². The van der Waals surface area contributed by atoms with Gasteiger partial charge >= 0.3 is 5.97 Å². The Labute approximate surface area is 285 Å². The first-order valence-corrected chi connectivity index (χ1v) is 17.2. The van der Waals surface area contributed by atoms with Crippen LogP contribution in [0.15, 0.2) is 72.8 Å². The maximum Gasteiger partial charge on any atom is 0.306 e. The lowest BCUT2D eigenvalue weighted by Crippen LogP contribution is -2.37. The molecule has 48 heavy (non-hydrogen) atoms. The van der Waals surface area contributed by atoms with Crippen LogP contribution in [-0.2, 0) is 24.3 Å². The van der Waals surface area contributed by atoms with Crippen molar-refractivity contribution in [2.45, 2.75) is 73.4 Å². The van der Waals surface area contributed by atoms with Crippen LogP contribution in [-0.4, -0.2) is 57.6 Å². The van der Waals surface area contributed by atoms with Crippen LogP contribution in [0.4, 0.5) is 5.69 Å². The standard InChI is InChI=1S/C28H28N4O.C12H23NO2/c1-19-16-22(12-13-23(19)17-29)28(33)31-15-14-25-27(24-10-6-7-11-26(24)31)32(20(2)30-25)18-21-8-4-3-5-9-21;1-12(2,3)6-9-13-7-4-10(5-8-13)11(14)15/h3-13,16H,14-15,17-18,29H2,1-2H3;10H,4-9H2,1-3H3,(H,14,15). The fraction of sp³-hybridized carbons (Fsp3) is 0.425. The Kier molecular flexibility index (Phi) is 11.2. The zero-order valence-corrected chi connectivity index (χ0v) is 29.2. The first-order valence-electron chi connectivity index (χ1n) is 17.2. The van der Waals surface area contributed by atoms with Gasteiger partial charge in [0.15, 0.2) is 0 Å². The highest BCUT2D eigenvalue weighted by Crippen LogP contribution is 2.38. The number of carboxylic acid groups (broad SMARTS) is 1. The molecule has 1 amide bonds. The molecule has 0 spiro atoms. The third kappa shape index (κ3) is 8.41. The van der Waals surface area contributed by atoms with Crippen molar-refractivity contribution in [2.75, 3.05) is 31.1 Å². The van der Waals surface area contributed by atoms with Gasteiger partial charge in [-0.05, 0) is 93.0 Å². The van der Waals surface area contributed by atoms with Crippen LogP contribution >= 0.6 is 0 Å². The molecule has 8 nitrogen and oxygen atoms in total. The summed E-state index contributed by atoms with van der Waals surface area (Å²) in [5, 5.41) is 8.87. The van der Waals surface area contributed by atoms with Crippen molar-refractivity contribution >= 4 is 17.6 Å². The summed E-state index contributed by atoms with van der Waals surface area (Å²) in [6.45, 7) is 15.6. The van der Waals surface area contributed by atoms with Crippen LogP contribution in [0.5, 0.6) is 0 Å². The summed E-state index contributed by atoms with van der Waals surface area (Å²) < 4.78 is 2.28. The van der Waals surface area contributed by atoms with E-state index >= 15 is 0 Å². The predicted molar refractivity (Wildman–Crippen MR) is 193 cm³/mol. The highest BCUT2D eigenvalue weighted by atomic mass is 16.4. The quantitative estimate of drug-likeness (QED) is 0.221. The van der Waals surface area contributed by atoms with Crippen molar-refractivity contribution in [3.05, 3.63) is 107 Å². The second-order valence-corrected chi connectivity index (χ2v) is 14.4. The molecule has 0 bridgehead atoms. The number of aromatic nitrogens is 2. The van der Waals surface area contributed by atoms with Crippen LogP contribution < -0.4 is 10.6 Å². The minimum absolute atomic E-state index is 0.00519. The number of hydrogen-bond acceptors (Lipinski definition) is 5. The molecule has 8 heteroatoms. The van der Waals surface area contributed by atoms with Gasteiger partial charge in [-0.15, -0.1) is 0 Å². The number of imidazole rings is 1. The molecule has 3 aromatic carbocycles. The number of carboxylic acids is 1. The van der Waals surface area contributed by atoms with E-state index in [1.165, 1.54) is 12.0 Å². The number of carbonyl (C=O) groups is 2. The molecule has 1 saturated heterocycles. The molecule has 4 aromatic rings. The van der Waals surface area contributed by atoms with Gasteiger partial charge in [-0.2, -0.15) is 0 Å².